The quantitative estimate of drug-likeness (QED) is 0.181. The molecular weight excluding hydrogens is 709 g/mol. The van der Waals surface area contributed by atoms with Crippen LogP contribution in [-0.2, 0) is 14.2 Å². The summed E-state index contributed by atoms with van der Waals surface area (Å²) >= 11 is 0. The molecule has 3 aromatic carbocycles. The summed E-state index contributed by atoms with van der Waals surface area (Å²) in [6, 6.07) is 27.4. The summed E-state index contributed by atoms with van der Waals surface area (Å²) in [6.45, 7) is 14.6. The van der Waals surface area contributed by atoms with Crippen LogP contribution in [0.2, 0.25) is 0 Å². The molecule has 6 nitrogen and oxygen atoms in total. The van der Waals surface area contributed by atoms with Crippen LogP contribution in [0.4, 0.5) is 0 Å². The van der Waals surface area contributed by atoms with Crippen LogP contribution in [-0.4, -0.2) is 58.0 Å². The number of hydrogen-bond donors (Lipinski definition) is 0. The molecule has 12 rings (SSSR count). The fourth-order valence-corrected chi connectivity index (χ4v) is 13.3. The fraction of sp³-hybridized carbons (Fsp3) is 0.647. The normalized spacial score (nSPS) is 38.6. The molecule has 306 valence electrons. The van der Waals surface area contributed by atoms with Crippen LogP contribution >= 0.6 is 0 Å². The van der Waals surface area contributed by atoms with Gasteiger partial charge in [0.25, 0.3) is 0 Å². The zero-order chi connectivity index (χ0) is 38.7. The first-order valence-corrected chi connectivity index (χ1v) is 22.6. The summed E-state index contributed by atoms with van der Waals surface area (Å²) < 4.78 is 33.2. The highest BCUT2D eigenvalue weighted by atomic mass is 16.6. The monoisotopic (exact) mass is 774 g/mol. The number of ether oxygens (including phenoxy) is 6. The summed E-state index contributed by atoms with van der Waals surface area (Å²) in [5.74, 6) is 12.3. The highest BCUT2D eigenvalue weighted by Gasteiger charge is 2.59. The van der Waals surface area contributed by atoms with E-state index in [9.17, 15) is 0 Å². The van der Waals surface area contributed by atoms with Gasteiger partial charge in [-0.25, -0.2) is 0 Å². The minimum absolute atomic E-state index is 0.336. The molecule has 4 bridgehead atoms. The number of rotatable bonds is 11. The van der Waals surface area contributed by atoms with Crippen molar-refractivity contribution in [2.45, 2.75) is 109 Å². The lowest BCUT2D eigenvalue weighted by atomic mass is 9.73. The smallest absolute Gasteiger partial charge is 0.122 e. The van der Waals surface area contributed by atoms with Gasteiger partial charge in [-0.05, 0) is 157 Å². The third kappa shape index (κ3) is 8.53. The lowest BCUT2D eigenvalue weighted by Gasteiger charge is -2.32. The van der Waals surface area contributed by atoms with E-state index in [0.717, 1.165) is 109 Å². The molecule has 9 fully saturated rings. The Hall–Kier alpha value is -3.06. The number of hydrogen-bond acceptors (Lipinski definition) is 6. The Labute approximate surface area is 341 Å². The number of para-hydroxylation sites is 3. The first-order valence-electron chi connectivity index (χ1n) is 22.6. The average Bonchev–Trinajstić information content (AvgIpc) is 4.17. The Bertz CT molecular complexity index is 1720. The van der Waals surface area contributed by atoms with Gasteiger partial charge in [0.05, 0.1) is 19.8 Å². The van der Waals surface area contributed by atoms with E-state index < -0.39 is 0 Å². The Balaban J connectivity index is 0.000000111. The van der Waals surface area contributed by atoms with Crippen LogP contribution in [0.1, 0.15) is 102 Å². The van der Waals surface area contributed by atoms with Crippen LogP contribution in [0, 0.1) is 58.2 Å². The van der Waals surface area contributed by atoms with Gasteiger partial charge in [0, 0.05) is 0 Å². The van der Waals surface area contributed by atoms with E-state index in [4.69, 9.17) is 28.4 Å². The van der Waals surface area contributed by atoms with Crippen molar-refractivity contribution in [2.24, 2.45) is 58.2 Å². The highest BCUT2D eigenvalue weighted by molar-refractivity contribution is 5.40. The lowest BCUT2D eigenvalue weighted by Crippen LogP contribution is -2.23. The molecule has 0 aromatic heterocycles. The van der Waals surface area contributed by atoms with Crippen LogP contribution < -0.4 is 14.2 Å². The van der Waals surface area contributed by atoms with Crippen molar-refractivity contribution in [1.29, 1.82) is 0 Å². The molecule has 0 radical (unpaired) electrons. The van der Waals surface area contributed by atoms with E-state index in [1.807, 2.05) is 30.3 Å². The Morgan fingerprint density at radius 1 is 0.456 bits per heavy atom. The molecule has 57 heavy (non-hydrogen) atoms. The zero-order valence-electron chi connectivity index (χ0n) is 34.9. The third-order valence-corrected chi connectivity index (χ3v) is 15.7. The number of epoxide rings is 3. The fourth-order valence-electron chi connectivity index (χ4n) is 13.3. The Morgan fingerprint density at radius 2 is 0.842 bits per heavy atom. The van der Waals surface area contributed by atoms with Gasteiger partial charge in [-0.15, -0.1) is 0 Å². The summed E-state index contributed by atoms with van der Waals surface area (Å²) in [5, 5.41) is 0. The van der Waals surface area contributed by atoms with Crippen molar-refractivity contribution in [3.8, 4) is 17.2 Å². The Kier molecular flexibility index (Phi) is 10.4. The Morgan fingerprint density at radius 3 is 1.28 bits per heavy atom. The molecule has 3 saturated heterocycles. The summed E-state index contributed by atoms with van der Waals surface area (Å²) in [5.41, 5.74) is 4.09. The molecule has 0 amide bonds. The van der Waals surface area contributed by atoms with Crippen molar-refractivity contribution in [2.75, 3.05) is 39.6 Å². The minimum atomic E-state index is 0.336. The molecule has 6 aliphatic carbocycles. The SMILES string of the molecule is CC1(C)CC2C3CC(c4ccccc4OCC4CO4)C(C3)C2C1.CC1(C)CC2C3CC(c4ccccc4OCC4CO4)C(C3)C2C1.c1ccc(OCC2CO2)cc1. The van der Waals surface area contributed by atoms with Gasteiger partial charge in [0.15, 0.2) is 0 Å². The van der Waals surface area contributed by atoms with E-state index in [-0.39, 0.29) is 0 Å². The molecule has 3 aromatic rings. The van der Waals surface area contributed by atoms with Gasteiger partial charge in [-0.2, -0.15) is 0 Å². The molecule has 13 unspecified atom stereocenters. The molecule has 3 aliphatic heterocycles. The maximum absolute atomic E-state index is 6.11. The predicted octanol–water partition coefficient (Wildman–Crippen LogP) is 10.7. The molecule has 13 atom stereocenters. The molecule has 6 saturated carbocycles. The maximum atomic E-state index is 6.11. The molecule has 9 aliphatic rings. The largest absolute Gasteiger partial charge is 0.491 e. The van der Waals surface area contributed by atoms with E-state index >= 15 is 0 Å². The average molecular weight is 775 g/mol. The summed E-state index contributed by atoms with van der Waals surface area (Å²) in [7, 11) is 0. The van der Waals surface area contributed by atoms with Crippen molar-refractivity contribution >= 4 is 0 Å². The molecule has 6 heteroatoms. The molecular formula is C51H66O6. The zero-order valence-corrected chi connectivity index (χ0v) is 34.9. The van der Waals surface area contributed by atoms with Crippen molar-refractivity contribution < 1.29 is 28.4 Å². The van der Waals surface area contributed by atoms with Gasteiger partial charge in [0.2, 0.25) is 0 Å². The second-order valence-electron chi connectivity index (χ2n) is 21.0. The number of benzene rings is 3. The summed E-state index contributed by atoms with van der Waals surface area (Å²) in [6.07, 6.45) is 12.5. The summed E-state index contributed by atoms with van der Waals surface area (Å²) in [4.78, 5) is 0. The second kappa shape index (κ2) is 15.5. The first-order chi connectivity index (χ1) is 27.7. The molecule has 3 heterocycles. The topological polar surface area (TPSA) is 65.3 Å². The highest BCUT2D eigenvalue weighted by Crippen LogP contribution is 2.68. The van der Waals surface area contributed by atoms with E-state index in [1.165, 1.54) is 62.5 Å². The maximum Gasteiger partial charge on any atom is 0.122 e. The van der Waals surface area contributed by atoms with Gasteiger partial charge in [0.1, 0.15) is 55.4 Å². The molecule has 0 spiro atoms. The van der Waals surface area contributed by atoms with E-state index in [0.29, 0.717) is 35.7 Å². The van der Waals surface area contributed by atoms with Crippen molar-refractivity contribution in [3.05, 3.63) is 90.0 Å². The van der Waals surface area contributed by atoms with E-state index in [1.54, 1.807) is 0 Å². The van der Waals surface area contributed by atoms with Crippen molar-refractivity contribution in [3.63, 3.8) is 0 Å². The minimum Gasteiger partial charge on any atom is -0.491 e. The van der Waals surface area contributed by atoms with Gasteiger partial charge < -0.3 is 28.4 Å². The second-order valence-corrected chi connectivity index (χ2v) is 21.0. The van der Waals surface area contributed by atoms with Gasteiger partial charge >= 0.3 is 0 Å². The van der Waals surface area contributed by atoms with Crippen LogP contribution in [0.5, 0.6) is 17.2 Å². The molecule has 0 N–H and O–H groups in total. The standard InChI is InChI=1S/2C21H28O2.C9H10O2/c2*1-21(2)9-18-13-7-16(17(8-13)19(18)10-21)15-5-3-4-6-20(15)23-12-14-11-22-14;1-2-4-8(5-3-1)10-6-9-7-11-9/h2*3-6,13-14,16-19H,7-12H2,1-2H3;1-5,9H,6-7H2. The van der Waals surface area contributed by atoms with Crippen molar-refractivity contribution in [1.82, 2.24) is 0 Å². The van der Waals surface area contributed by atoms with Crippen LogP contribution in [0.25, 0.3) is 0 Å². The van der Waals surface area contributed by atoms with Gasteiger partial charge in [-0.3, -0.25) is 0 Å². The predicted molar refractivity (Wildman–Crippen MR) is 223 cm³/mol. The third-order valence-electron chi connectivity index (χ3n) is 15.7. The van der Waals surface area contributed by atoms with Gasteiger partial charge in [-0.1, -0.05) is 82.3 Å². The van der Waals surface area contributed by atoms with Crippen LogP contribution in [0.3, 0.4) is 0 Å². The van der Waals surface area contributed by atoms with E-state index in [2.05, 4.69) is 76.2 Å². The van der Waals surface area contributed by atoms with Crippen LogP contribution in [0.15, 0.2) is 78.9 Å². The number of fused-ring (bicyclic) bond motifs is 10. The first kappa shape index (κ1) is 38.2. The lowest BCUT2D eigenvalue weighted by molar-refractivity contribution is 0.222.